The fraction of sp³-hybridized carbons (Fsp3) is 0.308. The van der Waals surface area contributed by atoms with Gasteiger partial charge in [-0.15, -0.1) is 11.8 Å². The summed E-state index contributed by atoms with van der Waals surface area (Å²) in [6.45, 7) is 3.91. The molecule has 0 radical (unpaired) electrons. The molecule has 0 saturated heterocycles. The highest BCUT2D eigenvalue weighted by Gasteiger charge is 2.11. The fourth-order valence-electron chi connectivity index (χ4n) is 1.56. The van der Waals surface area contributed by atoms with Crippen molar-refractivity contribution >= 4 is 17.7 Å². The van der Waals surface area contributed by atoms with E-state index in [1.165, 1.54) is 23.7 Å². The molecule has 0 bridgehead atoms. The van der Waals surface area contributed by atoms with E-state index >= 15 is 0 Å². The number of nitrogens with zero attached hydrogens (tertiary/aromatic N) is 2. The van der Waals surface area contributed by atoms with Crippen LogP contribution in [-0.2, 0) is 4.79 Å². The lowest BCUT2D eigenvalue weighted by Crippen LogP contribution is -2.28. The number of aromatic nitrogens is 3. The van der Waals surface area contributed by atoms with Crippen LogP contribution in [0, 0.1) is 6.92 Å². The van der Waals surface area contributed by atoms with E-state index < -0.39 is 0 Å². The predicted molar refractivity (Wildman–Crippen MR) is 74.8 cm³/mol. The Morgan fingerprint density at radius 1 is 1.42 bits per heavy atom. The molecule has 1 unspecified atom stereocenters. The zero-order valence-corrected chi connectivity index (χ0v) is 11.7. The second-order valence-electron chi connectivity index (χ2n) is 4.26. The van der Waals surface area contributed by atoms with Gasteiger partial charge in [-0.2, -0.15) is 5.10 Å². The molecule has 0 aliphatic carbocycles. The monoisotopic (exact) mass is 276 g/mol. The van der Waals surface area contributed by atoms with Crippen LogP contribution in [0.2, 0.25) is 0 Å². The number of rotatable bonds is 5. The van der Waals surface area contributed by atoms with Gasteiger partial charge in [-0.05, 0) is 26.0 Å². The number of H-pyrrole nitrogens is 1. The van der Waals surface area contributed by atoms with Crippen molar-refractivity contribution in [1.29, 1.82) is 0 Å². The zero-order valence-electron chi connectivity index (χ0n) is 10.9. The van der Waals surface area contributed by atoms with E-state index in [-0.39, 0.29) is 11.9 Å². The third kappa shape index (κ3) is 4.10. The summed E-state index contributed by atoms with van der Waals surface area (Å²) in [4.78, 5) is 16.9. The number of aromatic amines is 1. The van der Waals surface area contributed by atoms with Gasteiger partial charge in [0.05, 0.1) is 11.8 Å². The maximum Gasteiger partial charge on any atom is 0.230 e. The standard InChI is InChI=1S/C13H16N4OS/c1-9-3-5-11(6-4-9)19-7-12(18)16-10(2)13-14-8-15-17-13/h3-6,8,10H,7H2,1-2H3,(H,16,18)(H,14,15,17). The lowest BCUT2D eigenvalue weighted by atomic mass is 10.2. The van der Waals surface area contributed by atoms with Crippen LogP contribution in [0.1, 0.15) is 24.4 Å². The smallest absolute Gasteiger partial charge is 0.230 e. The lowest BCUT2D eigenvalue weighted by Gasteiger charge is -2.10. The summed E-state index contributed by atoms with van der Waals surface area (Å²) >= 11 is 1.52. The molecule has 2 aromatic rings. The summed E-state index contributed by atoms with van der Waals surface area (Å²) in [5.41, 5.74) is 1.22. The second-order valence-corrected chi connectivity index (χ2v) is 5.31. The Morgan fingerprint density at radius 2 is 2.16 bits per heavy atom. The van der Waals surface area contributed by atoms with Crippen LogP contribution in [0.25, 0.3) is 0 Å². The molecule has 0 saturated carbocycles. The SMILES string of the molecule is Cc1ccc(SCC(=O)NC(C)c2ncn[nH]2)cc1. The van der Waals surface area contributed by atoms with Crippen molar-refractivity contribution in [2.45, 2.75) is 24.8 Å². The van der Waals surface area contributed by atoms with Gasteiger partial charge in [0.25, 0.3) is 0 Å². The summed E-state index contributed by atoms with van der Waals surface area (Å²) < 4.78 is 0. The van der Waals surface area contributed by atoms with Crippen molar-refractivity contribution in [2.75, 3.05) is 5.75 Å². The number of carbonyl (C=O) groups excluding carboxylic acids is 1. The number of nitrogens with one attached hydrogen (secondary N) is 2. The van der Waals surface area contributed by atoms with Gasteiger partial charge in [-0.25, -0.2) is 4.98 Å². The zero-order chi connectivity index (χ0) is 13.7. The molecule has 100 valence electrons. The molecule has 2 rings (SSSR count). The number of carbonyl (C=O) groups is 1. The Bertz CT molecular complexity index is 524. The van der Waals surface area contributed by atoms with Crippen LogP contribution in [0.5, 0.6) is 0 Å². The molecule has 1 heterocycles. The minimum Gasteiger partial charge on any atom is -0.346 e. The third-order valence-electron chi connectivity index (χ3n) is 2.61. The molecule has 5 nitrogen and oxygen atoms in total. The molecule has 6 heteroatoms. The van der Waals surface area contributed by atoms with Gasteiger partial charge in [-0.1, -0.05) is 17.7 Å². The second kappa shape index (κ2) is 6.38. The molecule has 0 aliphatic heterocycles. The largest absolute Gasteiger partial charge is 0.346 e. The van der Waals surface area contributed by atoms with E-state index in [4.69, 9.17) is 0 Å². The number of aryl methyl sites for hydroxylation is 1. The van der Waals surface area contributed by atoms with E-state index in [2.05, 4.69) is 20.5 Å². The quantitative estimate of drug-likeness (QED) is 0.820. The molecule has 1 aromatic carbocycles. The lowest BCUT2D eigenvalue weighted by molar-refractivity contribution is -0.119. The maximum atomic E-state index is 11.8. The first-order valence-electron chi connectivity index (χ1n) is 5.99. The molecule has 19 heavy (non-hydrogen) atoms. The van der Waals surface area contributed by atoms with Crippen LogP contribution in [0.15, 0.2) is 35.5 Å². The van der Waals surface area contributed by atoms with E-state index in [1.807, 2.05) is 38.1 Å². The molecule has 1 amide bonds. The van der Waals surface area contributed by atoms with Crippen LogP contribution >= 0.6 is 11.8 Å². The number of hydrogen-bond donors (Lipinski definition) is 2. The fourth-order valence-corrected chi connectivity index (χ4v) is 2.27. The molecule has 2 N–H and O–H groups in total. The molecular formula is C13H16N4OS. The molecule has 0 aliphatic rings. The van der Waals surface area contributed by atoms with Crippen molar-refractivity contribution < 1.29 is 4.79 Å². The molecule has 0 fully saturated rings. The number of hydrogen-bond acceptors (Lipinski definition) is 4. The average Bonchev–Trinajstić information content (AvgIpc) is 2.92. The average molecular weight is 276 g/mol. The summed E-state index contributed by atoms with van der Waals surface area (Å²) in [5.74, 6) is 1.03. The Kier molecular flexibility index (Phi) is 4.57. The minimum absolute atomic E-state index is 0.0190. The van der Waals surface area contributed by atoms with Gasteiger partial charge in [0.15, 0.2) is 0 Å². The van der Waals surface area contributed by atoms with Crippen molar-refractivity contribution in [2.24, 2.45) is 0 Å². The number of thioether (sulfide) groups is 1. The summed E-state index contributed by atoms with van der Waals surface area (Å²) in [5, 5.41) is 9.37. The number of benzene rings is 1. The molecular weight excluding hydrogens is 260 g/mol. The van der Waals surface area contributed by atoms with Gasteiger partial charge >= 0.3 is 0 Å². The minimum atomic E-state index is -0.159. The maximum absolute atomic E-state index is 11.8. The van der Waals surface area contributed by atoms with E-state index in [0.717, 1.165) is 4.90 Å². The Labute approximate surface area is 116 Å². The van der Waals surface area contributed by atoms with Gasteiger partial charge < -0.3 is 5.32 Å². The Morgan fingerprint density at radius 3 is 2.79 bits per heavy atom. The highest BCUT2D eigenvalue weighted by atomic mass is 32.2. The summed E-state index contributed by atoms with van der Waals surface area (Å²) in [6, 6.07) is 7.96. The first-order valence-corrected chi connectivity index (χ1v) is 6.98. The van der Waals surface area contributed by atoms with Crippen LogP contribution in [0.3, 0.4) is 0 Å². The van der Waals surface area contributed by atoms with Gasteiger partial charge in [0.2, 0.25) is 5.91 Å². The van der Waals surface area contributed by atoms with Crippen molar-refractivity contribution in [3.63, 3.8) is 0 Å². The van der Waals surface area contributed by atoms with Crippen molar-refractivity contribution in [3.8, 4) is 0 Å². The van der Waals surface area contributed by atoms with Crippen LogP contribution < -0.4 is 5.32 Å². The van der Waals surface area contributed by atoms with Crippen LogP contribution in [-0.4, -0.2) is 26.8 Å². The normalized spacial score (nSPS) is 12.1. The van der Waals surface area contributed by atoms with Crippen molar-refractivity contribution in [1.82, 2.24) is 20.5 Å². The van der Waals surface area contributed by atoms with Crippen molar-refractivity contribution in [3.05, 3.63) is 42.0 Å². The molecule has 1 aromatic heterocycles. The Hall–Kier alpha value is -1.82. The van der Waals surface area contributed by atoms with Crippen LogP contribution in [0.4, 0.5) is 0 Å². The summed E-state index contributed by atoms with van der Waals surface area (Å²) in [7, 11) is 0. The molecule has 0 spiro atoms. The van der Waals surface area contributed by atoms with Gasteiger partial charge in [-0.3, -0.25) is 9.89 Å². The first kappa shape index (κ1) is 13.6. The van der Waals surface area contributed by atoms with E-state index in [9.17, 15) is 4.79 Å². The predicted octanol–water partition coefficient (Wildman–Crippen LogP) is 2.08. The third-order valence-corrected chi connectivity index (χ3v) is 3.62. The van der Waals surface area contributed by atoms with E-state index in [1.54, 1.807) is 0 Å². The Balaban J connectivity index is 1.80. The first-order chi connectivity index (χ1) is 9.15. The highest BCUT2D eigenvalue weighted by molar-refractivity contribution is 8.00. The molecule has 1 atom stereocenters. The highest BCUT2D eigenvalue weighted by Crippen LogP contribution is 2.18. The number of amides is 1. The topological polar surface area (TPSA) is 70.7 Å². The summed E-state index contributed by atoms with van der Waals surface area (Å²) in [6.07, 6.45) is 1.43. The van der Waals surface area contributed by atoms with E-state index in [0.29, 0.717) is 11.6 Å². The van der Waals surface area contributed by atoms with Gasteiger partial charge in [0, 0.05) is 4.90 Å². The van der Waals surface area contributed by atoms with Gasteiger partial charge in [0.1, 0.15) is 12.2 Å².